The quantitative estimate of drug-likeness (QED) is 0.817. The van der Waals surface area contributed by atoms with Crippen LogP contribution in [0, 0.1) is 18.8 Å². The van der Waals surface area contributed by atoms with Gasteiger partial charge in [0.2, 0.25) is 0 Å². The minimum Gasteiger partial charge on any atom is -0.395 e. The molecule has 1 saturated heterocycles. The van der Waals surface area contributed by atoms with Crippen LogP contribution in [0.3, 0.4) is 0 Å². The lowest BCUT2D eigenvalue weighted by atomic mass is 10.1. The standard InChI is InChI=1S/C16H19NO4/c1-12-5-6-13(4-2-3-7-18)10-14(12)17-16(19)15-11-20-8-9-21-15/h5-6,10,15,18H,3,7-9,11H2,1H3,(H,17,19). The van der Waals surface area contributed by atoms with Crippen molar-refractivity contribution in [2.24, 2.45) is 0 Å². The van der Waals surface area contributed by atoms with Gasteiger partial charge in [0.05, 0.1) is 26.4 Å². The molecule has 0 saturated carbocycles. The Morgan fingerprint density at radius 1 is 1.48 bits per heavy atom. The molecule has 1 aromatic carbocycles. The predicted molar refractivity (Wildman–Crippen MR) is 78.9 cm³/mol. The van der Waals surface area contributed by atoms with Crippen LogP contribution >= 0.6 is 0 Å². The van der Waals surface area contributed by atoms with Crippen LogP contribution in [0.4, 0.5) is 5.69 Å². The largest absolute Gasteiger partial charge is 0.395 e. The first-order chi connectivity index (χ1) is 10.2. The Kier molecular flexibility index (Phi) is 5.76. The lowest BCUT2D eigenvalue weighted by molar-refractivity contribution is -0.142. The first-order valence-electron chi connectivity index (χ1n) is 6.91. The molecule has 1 amide bonds. The van der Waals surface area contributed by atoms with Gasteiger partial charge in [0.25, 0.3) is 5.91 Å². The highest BCUT2D eigenvalue weighted by Gasteiger charge is 2.23. The van der Waals surface area contributed by atoms with Crippen LogP contribution in [0.5, 0.6) is 0 Å². The third kappa shape index (κ3) is 4.57. The van der Waals surface area contributed by atoms with Gasteiger partial charge in [-0.2, -0.15) is 0 Å². The zero-order chi connectivity index (χ0) is 15.1. The van der Waals surface area contributed by atoms with Gasteiger partial charge >= 0.3 is 0 Å². The van der Waals surface area contributed by atoms with Gasteiger partial charge in [-0.05, 0) is 24.6 Å². The number of aryl methyl sites for hydroxylation is 1. The monoisotopic (exact) mass is 289 g/mol. The molecule has 21 heavy (non-hydrogen) atoms. The van der Waals surface area contributed by atoms with E-state index < -0.39 is 6.10 Å². The summed E-state index contributed by atoms with van der Waals surface area (Å²) in [6.07, 6.45) is -0.134. The Labute approximate surface area is 124 Å². The summed E-state index contributed by atoms with van der Waals surface area (Å²) < 4.78 is 10.6. The molecule has 5 heteroatoms. The first kappa shape index (κ1) is 15.5. The fourth-order valence-corrected chi connectivity index (χ4v) is 1.91. The summed E-state index contributed by atoms with van der Waals surface area (Å²) >= 11 is 0. The second kappa shape index (κ2) is 7.79. The molecule has 1 atom stereocenters. The van der Waals surface area contributed by atoms with Crippen LogP contribution in [0.15, 0.2) is 18.2 Å². The molecular formula is C16H19NO4. The van der Waals surface area contributed by atoms with Crippen molar-refractivity contribution in [2.45, 2.75) is 19.4 Å². The lowest BCUT2D eigenvalue weighted by Crippen LogP contribution is -2.39. The van der Waals surface area contributed by atoms with Crippen molar-refractivity contribution in [2.75, 3.05) is 31.7 Å². The lowest BCUT2D eigenvalue weighted by Gasteiger charge is -2.22. The van der Waals surface area contributed by atoms with Crippen LogP contribution in [-0.4, -0.2) is 43.5 Å². The Balaban J connectivity index is 2.06. The molecule has 1 heterocycles. The maximum Gasteiger partial charge on any atom is 0.255 e. The number of aliphatic hydroxyl groups excluding tert-OH is 1. The van der Waals surface area contributed by atoms with Gasteiger partial charge in [0, 0.05) is 17.7 Å². The molecule has 1 aromatic rings. The molecular weight excluding hydrogens is 270 g/mol. The minimum atomic E-state index is -0.567. The van der Waals surface area contributed by atoms with Gasteiger partial charge in [-0.25, -0.2) is 0 Å². The molecule has 0 bridgehead atoms. The fraction of sp³-hybridized carbons (Fsp3) is 0.438. The van der Waals surface area contributed by atoms with E-state index in [9.17, 15) is 4.79 Å². The van der Waals surface area contributed by atoms with Crippen LogP contribution < -0.4 is 5.32 Å². The smallest absolute Gasteiger partial charge is 0.255 e. The van der Waals surface area contributed by atoms with Crippen molar-refractivity contribution in [3.8, 4) is 11.8 Å². The second-order valence-electron chi connectivity index (χ2n) is 4.73. The maximum atomic E-state index is 12.1. The zero-order valence-electron chi connectivity index (χ0n) is 12.0. The van der Waals surface area contributed by atoms with Gasteiger partial charge in [-0.15, -0.1) is 0 Å². The van der Waals surface area contributed by atoms with Gasteiger partial charge in [0.1, 0.15) is 0 Å². The number of aliphatic hydroxyl groups is 1. The van der Waals surface area contributed by atoms with Crippen LogP contribution in [0.2, 0.25) is 0 Å². The fourth-order valence-electron chi connectivity index (χ4n) is 1.91. The molecule has 0 radical (unpaired) electrons. The highest BCUT2D eigenvalue weighted by molar-refractivity contribution is 5.95. The number of carbonyl (C=O) groups is 1. The average molecular weight is 289 g/mol. The Morgan fingerprint density at radius 2 is 2.33 bits per heavy atom. The molecule has 0 aromatic heterocycles. The molecule has 2 N–H and O–H groups in total. The number of nitrogens with one attached hydrogen (secondary N) is 1. The minimum absolute atomic E-state index is 0.0431. The summed E-state index contributed by atoms with van der Waals surface area (Å²) in [6.45, 7) is 3.20. The van der Waals surface area contributed by atoms with E-state index >= 15 is 0 Å². The van der Waals surface area contributed by atoms with Crippen molar-refractivity contribution in [3.63, 3.8) is 0 Å². The third-order valence-electron chi connectivity index (χ3n) is 3.07. The van der Waals surface area contributed by atoms with Gasteiger partial charge < -0.3 is 19.9 Å². The molecule has 1 aliphatic heterocycles. The van der Waals surface area contributed by atoms with Crippen molar-refractivity contribution in [1.29, 1.82) is 0 Å². The molecule has 0 spiro atoms. The predicted octanol–water partition coefficient (Wildman–Crippen LogP) is 1.08. The van der Waals surface area contributed by atoms with E-state index in [-0.39, 0.29) is 19.1 Å². The summed E-state index contributed by atoms with van der Waals surface area (Å²) in [5.74, 6) is 5.60. The number of hydrogen-bond donors (Lipinski definition) is 2. The van der Waals surface area contributed by atoms with E-state index in [2.05, 4.69) is 17.2 Å². The number of anilines is 1. The number of rotatable bonds is 3. The zero-order valence-corrected chi connectivity index (χ0v) is 12.0. The van der Waals surface area contributed by atoms with Gasteiger partial charge in [0.15, 0.2) is 6.10 Å². The van der Waals surface area contributed by atoms with Crippen molar-refractivity contribution < 1.29 is 19.4 Å². The van der Waals surface area contributed by atoms with Gasteiger partial charge in [-0.1, -0.05) is 17.9 Å². The van der Waals surface area contributed by atoms with Crippen molar-refractivity contribution in [1.82, 2.24) is 0 Å². The van der Waals surface area contributed by atoms with E-state index in [0.717, 1.165) is 11.1 Å². The first-order valence-corrected chi connectivity index (χ1v) is 6.91. The number of amides is 1. The molecule has 1 unspecified atom stereocenters. The van der Waals surface area contributed by atoms with E-state index in [4.69, 9.17) is 14.6 Å². The number of ether oxygens (including phenoxy) is 2. The topological polar surface area (TPSA) is 67.8 Å². The normalized spacial score (nSPS) is 17.7. The number of benzene rings is 1. The molecule has 5 nitrogen and oxygen atoms in total. The van der Waals surface area contributed by atoms with E-state index in [1.54, 1.807) is 0 Å². The summed E-state index contributed by atoms with van der Waals surface area (Å²) in [5.41, 5.74) is 2.46. The summed E-state index contributed by atoms with van der Waals surface area (Å²) in [7, 11) is 0. The van der Waals surface area contributed by atoms with Crippen LogP contribution in [-0.2, 0) is 14.3 Å². The maximum absolute atomic E-state index is 12.1. The molecule has 2 rings (SSSR count). The Morgan fingerprint density at radius 3 is 3.05 bits per heavy atom. The number of carbonyl (C=O) groups excluding carboxylic acids is 1. The highest BCUT2D eigenvalue weighted by atomic mass is 16.6. The average Bonchev–Trinajstić information content (AvgIpc) is 2.51. The van der Waals surface area contributed by atoms with E-state index in [0.29, 0.717) is 25.3 Å². The van der Waals surface area contributed by atoms with E-state index in [1.807, 2.05) is 25.1 Å². The number of hydrogen-bond acceptors (Lipinski definition) is 4. The highest BCUT2D eigenvalue weighted by Crippen LogP contribution is 2.17. The summed E-state index contributed by atoms with van der Waals surface area (Å²) in [6, 6.07) is 5.60. The summed E-state index contributed by atoms with van der Waals surface area (Å²) in [4.78, 5) is 12.1. The van der Waals surface area contributed by atoms with Gasteiger partial charge in [-0.3, -0.25) is 4.79 Å². The summed E-state index contributed by atoms with van der Waals surface area (Å²) in [5, 5.41) is 11.6. The molecule has 112 valence electrons. The van der Waals surface area contributed by atoms with Crippen molar-refractivity contribution in [3.05, 3.63) is 29.3 Å². The third-order valence-corrected chi connectivity index (χ3v) is 3.07. The van der Waals surface area contributed by atoms with Crippen LogP contribution in [0.1, 0.15) is 17.5 Å². The molecule has 0 aliphatic carbocycles. The Bertz CT molecular complexity index is 553. The SMILES string of the molecule is Cc1ccc(C#CCCO)cc1NC(=O)C1COCCO1. The van der Waals surface area contributed by atoms with E-state index in [1.165, 1.54) is 0 Å². The van der Waals surface area contributed by atoms with Crippen LogP contribution in [0.25, 0.3) is 0 Å². The molecule has 1 aliphatic rings. The second-order valence-corrected chi connectivity index (χ2v) is 4.73. The van der Waals surface area contributed by atoms with Crippen molar-refractivity contribution >= 4 is 11.6 Å². The Hall–Kier alpha value is -1.87. The molecule has 1 fully saturated rings.